The molecule has 0 aliphatic rings. The summed E-state index contributed by atoms with van der Waals surface area (Å²) < 4.78 is 30.2. The van der Waals surface area contributed by atoms with Crippen molar-refractivity contribution in [2.24, 2.45) is 0 Å². The maximum atomic E-state index is 12.3. The van der Waals surface area contributed by atoms with Gasteiger partial charge in [-0.3, -0.25) is 9.48 Å². The number of amides is 1. The fourth-order valence-electron chi connectivity index (χ4n) is 1.79. The summed E-state index contributed by atoms with van der Waals surface area (Å²) in [5.74, 6) is -1.69. The number of nitrogens with zero attached hydrogens (tertiary/aromatic N) is 2. The van der Waals surface area contributed by atoms with Crippen LogP contribution < -0.4 is 10.1 Å². The zero-order valence-electron chi connectivity index (χ0n) is 11.8. The van der Waals surface area contributed by atoms with Crippen LogP contribution in [0.5, 0.6) is 5.75 Å². The molecule has 1 heterocycles. The zero-order valence-corrected chi connectivity index (χ0v) is 11.8. The van der Waals surface area contributed by atoms with E-state index >= 15 is 0 Å². The van der Waals surface area contributed by atoms with Gasteiger partial charge in [-0.2, -0.15) is 13.9 Å². The molecule has 0 atom stereocenters. The van der Waals surface area contributed by atoms with Crippen LogP contribution in [0.4, 0.5) is 14.5 Å². The number of nitrogens with one attached hydrogen (secondary N) is 1. The molecule has 0 spiro atoms. The van der Waals surface area contributed by atoms with Gasteiger partial charge >= 0.3 is 12.6 Å². The number of hydrogen-bond donors (Lipinski definition) is 2. The molecule has 2 rings (SSSR count). The number of carbonyl (C=O) groups excluding carboxylic acids is 1. The molecule has 2 N–H and O–H groups in total. The fraction of sp³-hybridized carbons (Fsp3) is 0.214. The number of aryl methyl sites for hydroxylation is 1. The van der Waals surface area contributed by atoms with Gasteiger partial charge in [-0.05, 0) is 12.1 Å². The van der Waals surface area contributed by atoms with Crippen molar-refractivity contribution in [3.8, 4) is 5.75 Å². The van der Waals surface area contributed by atoms with E-state index < -0.39 is 18.5 Å². The number of alkyl halides is 2. The van der Waals surface area contributed by atoms with Gasteiger partial charge in [0.05, 0.1) is 17.4 Å². The molecule has 0 aliphatic heterocycles. The van der Waals surface area contributed by atoms with E-state index in [0.29, 0.717) is 0 Å². The summed E-state index contributed by atoms with van der Waals surface area (Å²) in [5, 5.41) is 15.0. The Bertz CT molecular complexity index is 703. The highest BCUT2D eigenvalue weighted by Crippen LogP contribution is 2.25. The third-order valence-electron chi connectivity index (χ3n) is 2.83. The van der Waals surface area contributed by atoms with Gasteiger partial charge in [0.1, 0.15) is 5.75 Å². The summed E-state index contributed by atoms with van der Waals surface area (Å²) in [5.41, 5.74) is 0.144. The summed E-state index contributed by atoms with van der Waals surface area (Å²) in [6.07, 6.45) is 2.46. The van der Waals surface area contributed by atoms with E-state index in [9.17, 15) is 18.4 Å². The number of para-hydroxylation sites is 2. The van der Waals surface area contributed by atoms with Crippen LogP contribution in [-0.4, -0.2) is 33.4 Å². The van der Waals surface area contributed by atoms with Gasteiger partial charge in [-0.15, -0.1) is 0 Å². The van der Waals surface area contributed by atoms with Gasteiger partial charge < -0.3 is 15.2 Å². The summed E-state index contributed by atoms with van der Waals surface area (Å²) in [4.78, 5) is 22.6. The van der Waals surface area contributed by atoms with Gasteiger partial charge in [0, 0.05) is 19.2 Å². The van der Waals surface area contributed by atoms with Gasteiger partial charge in [0.2, 0.25) is 5.91 Å². The molecule has 7 nitrogen and oxygen atoms in total. The van der Waals surface area contributed by atoms with Crippen molar-refractivity contribution in [2.45, 2.75) is 19.6 Å². The standard InChI is InChI=1S/C14H13F2N3O4/c15-14(16)23-11-4-2-1-3-10(11)18-12(20)5-6-19-8-9(7-17-19)13(21)22/h1-4,7-8,14H,5-6H2,(H,18,20)(H,21,22). The third kappa shape index (κ3) is 4.77. The number of aromatic carboxylic acids is 1. The van der Waals surface area contributed by atoms with Crippen molar-refractivity contribution >= 4 is 17.6 Å². The summed E-state index contributed by atoms with van der Waals surface area (Å²) in [6.45, 7) is -2.84. The molecule has 0 bridgehead atoms. The monoisotopic (exact) mass is 325 g/mol. The van der Waals surface area contributed by atoms with Crippen LogP contribution in [0.25, 0.3) is 0 Å². The Morgan fingerprint density at radius 3 is 2.74 bits per heavy atom. The second-order valence-corrected chi connectivity index (χ2v) is 4.47. The zero-order chi connectivity index (χ0) is 16.8. The normalized spacial score (nSPS) is 10.6. The number of halogens is 2. The molecule has 122 valence electrons. The van der Waals surface area contributed by atoms with Crippen molar-refractivity contribution in [1.29, 1.82) is 0 Å². The molecule has 0 radical (unpaired) electrons. The molecule has 0 aliphatic carbocycles. The molecular weight excluding hydrogens is 312 g/mol. The molecule has 2 aromatic rings. The van der Waals surface area contributed by atoms with Gasteiger partial charge in [0.15, 0.2) is 0 Å². The van der Waals surface area contributed by atoms with Crippen LogP contribution in [0.1, 0.15) is 16.8 Å². The number of rotatable bonds is 7. The Morgan fingerprint density at radius 1 is 1.35 bits per heavy atom. The maximum Gasteiger partial charge on any atom is 0.387 e. The lowest BCUT2D eigenvalue weighted by Gasteiger charge is -2.11. The van der Waals surface area contributed by atoms with Gasteiger partial charge in [0.25, 0.3) is 0 Å². The molecule has 9 heteroatoms. The Hall–Kier alpha value is -2.97. The smallest absolute Gasteiger partial charge is 0.387 e. The molecule has 0 fully saturated rings. The Balaban J connectivity index is 1.93. The summed E-state index contributed by atoms with van der Waals surface area (Å²) in [6, 6.07) is 5.82. The second-order valence-electron chi connectivity index (χ2n) is 4.47. The minimum Gasteiger partial charge on any atom is -0.478 e. The number of anilines is 1. The number of carboxylic acids is 1. The lowest BCUT2D eigenvalue weighted by Crippen LogP contribution is -2.16. The van der Waals surface area contributed by atoms with Crippen molar-refractivity contribution in [3.63, 3.8) is 0 Å². The molecule has 0 saturated carbocycles. The summed E-state index contributed by atoms with van der Waals surface area (Å²) in [7, 11) is 0. The molecule has 0 saturated heterocycles. The van der Waals surface area contributed by atoms with E-state index in [0.717, 1.165) is 0 Å². The van der Waals surface area contributed by atoms with E-state index in [1.807, 2.05) is 0 Å². The van der Waals surface area contributed by atoms with Gasteiger partial charge in [-0.1, -0.05) is 12.1 Å². The highest BCUT2D eigenvalue weighted by molar-refractivity contribution is 5.92. The SMILES string of the molecule is O=C(CCn1cc(C(=O)O)cn1)Nc1ccccc1OC(F)F. The van der Waals surface area contributed by atoms with Crippen molar-refractivity contribution in [3.05, 3.63) is 42.2 Å². The Morgan fingerprint density at radius 2 is 2.09 bits per heavy atom. The van der Waals surface area contributed by atoms with Crippen molar-refractivity contribution in [1.82, 2.24) is 9.78 Å². The lowest BCUT2D eigenvalue weighted by molar-refractivity contribution is -0.116. The van der Waals surface area contributed by atoms with E-state index in [4.69, 9.17) is 5.11 Å². The summed E-state index contributed by atoms with van der Waals surface area (Å²) >= 11 is 0. The largest absolute Gasteiger partial charge is 0.478 e. The molecule has 23 heavy (non-hydrogen) atoms. The number of aromatic nitrogens is 2. The molecule has 1 aromatic heterocycles. The lowest BCUT2D eigenvalue weighted by atomic mass is 10.3. The highest BCUT2D eigenvalue weighted by Gasteiger charge is 2.12. The van der Waals surface area contributed by atoms with E-state index in [1.54, 1.807) is 6.07 Å². The second kappa shape index (κ2) is 7.34. The van der Waals surface area contributed by atoms with Gasteiger partial charge in [-0.25, -0.2) is 4.79 Å². The molecule has 0 unspecified atom stereocenters. The van der Waals surface area contributed by atoms with Crippen LogP contribution in [-0.2, 0) is 11.3 Å². The van der Waals surface area contributed by atoms with E-state index in [1.165, 1.54) is 35.3 Å². The number of benzene rings is 1. The number of ether oxygens (including phenoxy) is 1. The average molecular weight is 325 g/mol. The Kier molecular flexibility index (Phi) is 5.23. The third-order valence-corrected chi connectivity index (χ3v) is 2.83. The fourth-order valence-corrected chi connectivity index (χ4v) is 1.79. The molecule has 1 aromatic carbocycles. The number of carbonyl (C=O) groups is 2. The number of hydrogen-bond acceptors (Lipinski definition) is 4. The quantitative estimate of drug-likeness (QED) is 0.814. The topological polar surface area (TPSA) is 93.5 Å². The van der Waals surface area contributed by atoms with Crippen LogP contribution in [0.15, 0.2) is 36.7 Å². The average Bonchev–Trinajstić information content (AvgIpc) is 2.96. The minimum absolute atomic E-state index is 0.0102. The first kappa shape index (κ1) is 16.4. The van der Waals surface area contributed by atoms with Crippen LogP contribution in [0.2, 0.25) is 0 Å². The minimum atomic E-state index is -2.99. The first-order valence-electron chi connectivity index (χ1n) is 6.55. The Labute approximate surface area is 129 Å². The van der Waals surface area contributed by atoms with Crippen molar-refractivity contribution < 1.29 is 28.2 Å². The number of carboxylic acid groups (broad SMARTS) is 1. The maximum absolute atomic E-state index is 12.3. The first-order chi connectivity index (χ1) is 11.0. The van der Waals surface area contributed by atoms with Crippen LogP contribution in [0.3, 0.4) is 0 Å². The first-order valence-corrected chi connectivity index (χ1v) is 6.55. The molecule has 1 amide bonds. The highest BCUT2D eigenvalue weighted by atomic mass is 19.3. The predicted molar refractivity (Wildman–Crippen MR) is 75.5 cm³/mol. The van der Waals surface area contributed by atoms with E-state index in [2.05, 4.69) is 15.2 Å². The van der Waals surface area contributed by atoms with Crippen molar-refractivity contribution in [2.75, 3.05) is 5.32 Å². The van der Waals surface area contributed by atoms with Crippen LogP contribution in [0, 0.1) is 0 Å². The van der Waals surface area contributed by atoms with Crippen LogP contribution >= 0.6 is 0 Å². The predicted octanol–water partition coefficient (Wildman–Crippen LogP) is 2.21. The van der Waals surface area contributed by atoms with E-state index in [-0.39, 0.29) is 30.0 Å². The molecular formula is C14H13F2N3O4.